The summed E-state index contributed by atoms with van der Waals surface area (Å²) in [5.41, 5.74) is 1.04. The summed E-state index contributed by atoms with van der Waals surface area (Å²) in [4.78, 5) is 0. The molecule has 0 atom stereocenters. The zero-order valence-corrected chi connectivity index (χ0v) is 8.64. The smallest absolute Gasteiger partial charge is 0.0761 e. The van der Waals surface area contributed by atoms with Gasteiger partial charge in [-0.05, 0) is 18.8 Å². The van der Waals surface area contributed by atoms with Crippen LogP contribution in [-0.4, -0.2) is 6.26 Å². The third-order valence-corrected chi connectivity index (χ3v) is 2.24. The highest BCUT2D eigenvalue weighted by molar-refractivity contribution is 8.03. The highest BCUT2D eigenvalue weighted by atomic mass is 35.5. The molecule has 0 aromatic heterocycles. The molecule has 0 saturated carbocycles. The molecule has 0 spiro atoms. The van der Waals surface area contributed by atoms with Gasteiger partial charge >= 0.3 is 0 Å². The minimum Gasteiger partial charge on any atom is -0.117 e. The second-order valence-corrected chi connectivity index (χ2v) is 2.78. The summed E-state index contributed by atoms with van der Waals surface area (Å²) in [5, 5.41) is 0. The van der Waals surface area contributed by atoms with Gasteiger partial charge in [-0.1, -0.05) is 38.1 Å². The van der Waals surface area contributed by atoms with Crippen molar-refractivity contribution in [1.82, 2.24) is 0 Å². The van der Waals surface area contributed by atoms with E-state index in [1.54, 1.807) is 6.08 Å². The first kappa shape index (κ1) is 12.8. The van der Waals surface area contributed by atoms with Crippen LogP contribution in [0.15, 0.2) is 22.6 Å². The van der Waals surface area contributed by atoms with Gasteiger partial charge in [0.15, 0.2) is 0 Å². The Labute approximate surface area is 73.3 Å². The van der Waals surface area contributed by atoms with E-state index in [9.17, 15) is 0 Å². The first-order chi connectivity index (χ1) is 4.72. The van der Waals surface area contributed by atoms with Gasteiger partial charge in [0.05, 0.1) is 4.36 Å². The van der Waals surface area contributed by atoms with Crippen molar-refractivity contribution in [2.24, 2.45) is 0 Å². The summed E-state index contributed by atoms with van der Waals surface area (Å²) in [6, 6.07) is 0. The Kier molecular flexibility index (Phi) is 11.6. The lowest BCUT2D eigenvalue weighted by Crippen LogP contribution is -1.67. The Morgan fingerprint density at radius 3 is 2.00 bits per heavy atom. The molecule has 0 bridgehead atoms. The van der Waals surface area contributed by atoms with E-state index in [1.807, 2.05) is 27.0 Å². The highest BCUT2D eigenvalue weighted by Crippen LogP contribution is 2.20. The van der Waals surface area contributed by atoms with Crippen LogP contribution in [0.2, 0.25) is 0 Å². The molecule has 0 aromatic rings. The fourth-order valence-corrected chi connectivity index (χ4v) is 0.724. The van der Waals surface area contributed by atoms with E-state index in [0.717, 1.165) is 9.94 Å². The molecule has 0 heterocycles. The van der Waals surface area contributed by atoms with Gasteiger partial charge in [-0.15, -0.1) is 11.8 Å². The lowest BCUT2D eigenvalue weighted by atomic mass is 10.4. The van der Waals surface area contributed by atoms with Crippen LogP contribution in [0.25, 0.3) is 0 Å². The maximum atomic E-state index is 5.69. The van der Waals surface area contributed by atoms with Crippen molar-refractivity contribution in [3.8, 4) is 0 Å². The van der Waals surface area contributed by atoms with E-state index in [2.05, 4.69) is 6.58 Å². The Balaban J connectivity index is 0. The first-order valence-corrected chi connectivity index (χ1v) is 4.85. The predicted octanol–water partition coefficient (Wildman–Crippen LogP) is 4.03. The van der Waals surface area contributed by atoms with Crippen molar-refractivity contribution >= 4 is 23.4 Å². The van der Waals surface area contributed by atoms with E-state index in [-0.39, 0.29) is 0 Å². The average Bonchev–Trinajstić information content (AvgIpc) is 2.05. The van der Waals surface area contributed by atoms with Crippen LogP contribution in [0, 0.1) is 0 Å². The van der Waals surface area contributed by atoms with Crippen LogP contribution in [0.4, 0.5) is 0 Å². The topological polar surface area (TPSA) is 0 Å². The SMILES string of the molecule is C=C/C(C)=C(/Cl)SC.CC. The lowest BCUT2D eigenvalue weighted by Gasteiger charge is -1.92. The molecule has 10 heavy (non-hydrogen) atoms. The predicted molar refractivity (Wildman–Crippen MR) is 53.6 cm³/mol. The summed E-state index contributed by atoms with van der Waals surface area (Å²) < 4.78 is 0.819. The van der Waals surface area contributed by atoms with Crippen molar-refractivity contribution < 1.29 is 0 Å². The molecular weight excluding hydrogens is 164 g/mol. The number of thioether (sulfide) groups is 1. The number of hydrogen-bond donors (Lipinski definition) is 0. The number of halogens is 1. The summed E-state index contributed by atoms with van der Waals surface area (Å²) in [6.45, 7) is 9.51. The normalized spacial score (nSPS) is 10.9. The van der Waals surface area contributed by atoms with Gasteiger partial charge in [-0.25, -0.2) is 0 Å². The molecular formula is C8H15ClS. The maximum absolute atomic E-state index is 5.69. The quantitative estimate of drug-likeness (QED) is 0.576. The molecule has 0 unspecified atom stereocenters. The molecule has 0 nitrogen and oxygen atoms in total. The van der Waals surface area contributed by atoms with E-state index in [4.69, 9.17) is 11.6 Å². The standard InChI is InChI=1S/C6H9ClS.C2H6/c1-4-5(2)6(7)8-3;1-2/h4H,1H2,2-3H3;1-2H3/b6-5-;. The molecule has 0 N–H and O–H groups in total. The lowest BCUT2D eigenvalue weighted by molar-refractivity contribution is 1.50. The van der Waals surface area contributed by atoms with E-state index >= 15 is 0 Å². The van der Waals surface area contributed by atoms with Gasteiger partial charge in [0.25, 0.3) is 0 Å². The summed E-state index contributed by atoms with van der Waals surface area (Å²) in [6.07, 6.45) is 3.69. The van der Waals surface area contributed by atoms with Crippen LogP contribution < -0.4 is 0 Å². The van der Waals surface area contributed by atoms with Crippen molar-refractivity contribution in [3.63, 3.8) is 0 Å². The Morgan fingerprint density at radius 1 is 1.50 bits per heavy atom. The number of hydrogen-bond acceptors (Lipinski definition) is 1. The first-order valence-electron chi connectivity index (χ1n) is 3.25. The van der Waals surface area contributed by atoms with E-state index in [0.29, 0.717) is 0 Å². The number of allylic oxidation sites excluding steroid dienone is 2. The average molecular weight is 179 g/mol. The molecule has 60 valence electrons. The third-order valence-electron chi connectivity index (χ3n) is 0.795. The maximum Gasteiger partial charge on any atom is 0.0761 e. The molecule has 0 aliphatic heterocycles. The van der Waals surface area contributed by atoms with Gasteiger partial charge in [-0.3, -0.25) is 0 Å². The van der Waals surface area contributed by atoms with Crippen molar-refractivity contribution in [3.05, 3.63) is 22.6 Å². The molecule has 0 fully saturated rings. The minimum absolute atomic E-state index is 0.819. The zero-order valence-electron chi connectivity index (χ0n) is 7.07. The van der Waals surface area contributed by atoms with Gasteiger partial charge in [-0.2, -0.15) is 0 Å². The fraction of sp³-hybridized carbons (Fsp3) is 0.500. The monoisotopic (exact) mass is 178 g/mol. The van der Waals surface area contributed by atoms with E-state index in [1.165, 1.54) is 11.8 Å². The second kappa shape index (κ2) is 9.12. The van der Waals surface area contributed by atoms with Crippen molar-refractivity contribution in [1.29, 1.82) is 0 Å². The van der Waals surface area contributed by atoms with Crippen LogP contribution in [-0.2, 0) is 0 Å². The molecule has 0 amide bonds. The van der Waals surface area contributed by atoms with Crippen LogP contribution in [0.3, 0.4) is 0 Å². The zero-order chi connectivity index (χ0) is 8.57. The largest absolute Gasteiger partial charge is 0.117 e. The molecule has 0 radical (unpaired) electrons. The molecule has 2 heteroatoms. The third kappa shape index (κ3) is 6.24. The van der Waals surface area contributed by atoms with Crippen LogP contribution >= 0.6 is 23.4 Å². The molecule has 0 aliphatic rings. The Bertz CT molecular complexity index is 116. The highest BCUT2D eigenvalue weighted by Gasteiger charge is 1.89. The fourth-order valence-electron chi connectivity index (χ4n) is 0.241. The summed E-state index contributed by atoms with van der Waals surface area (Å²) in [5.74, 6) is 0. The van der Waals surface area contributed by atoms with E-state index < -0.39 is 0 Å². The van der Waals surface area contributed by atoms with Gasteiger partial charge < -0.3 is 0 Å². The minimum atomic E-state index is 0.819. The second-order valence-electron chi connectivity index (χ2n) is 1.36. The van der Waals surface area contributed by atoms with Crippen LogP contribution in [0.5, 0.6) is 0 Å². The summed E-state index contributed by atoms with van der Waals surface area (Å²) in [7, 11) is 0. The summed E-state index contributed by atoms with van der Waals surface area (Å²) >= 11 is 7.22. The van der Waals surface area contributed by atoms with Gasteiger partial charge in [0, 0.05) is 0 Å². The Hall–Kier alpha value is 0.120. The molecule has 0 aromatic carbocycles. The molecule has 0 saturated heterocycles. The van der Waals surface area contributed by atoms with Gasteiger partial charge in [0.1, 0.15) is 0 Å². The van der Waals surface area contributed by atoms with Gasteiger partial charge in [0.2, 0.25) is 0 Å². The van der Waals surface area contributed by atoms with Crippen molar-refractivity contribution in [2.45, 2.75) is 20.8 Å². The van der Waals surface area contributed by atoms with Crippen LogP contribution in [0.1, 0.15) is 20.8 Å². The van der Waals surface area contributed by atoms with Crippen molar-refractivity contribution in [2.75, 3.05) is 6.26 Å². The Morgan fingerprint density at radius 2 is 1.90 bits per heavy atom. The molecule has 0 rings (SSSR count). The molecule has 0 aliphatic carbocycles. The number of rotatable bonds is 2.